The molecule has 0 bridgehead atoms. The van der Waals surface area contributed by atoms with E-state index in [-0.39, 0.29) is 0 Å². The Morgan fingerprint density at radius 3 is 2.50 bits per heavy atom. The van der Waals surface area contributed by atoms with Crippen LogP contribution in [0.4, 0.5) is 0 Å². The minimum absolute atomic E-state index is 0.683. The van der Waals surface area contributed by atoms with Crippen molar-refractivity contribution in [3.8, 4) is 0 Å². The predicted molar refractivity (Wildman–Crippen MR) is 71.9 cm³/mol. The van der Waals surface area contributed by atoms with E-state index < -0.39 is 0 Å². The SMILES string of the molecule is CCCCN(CCC(C)NCCC)C1CC1. The lowest BCUT2D eigenvalue weighted by molar-refractivity contribution is 0.245. The standard InChI is InChI=1S/C14H30N2/c1-4-6-11-16(14-7-8-14)12-9-13(3)15-10-5-2/h13-15H,4-12H2,1-3H3. The van der Waals surface area contributed by atoms with Gasteiger partial charge < -0.3 is 10.2 Å². The highest BCUT2D eigenvalue weighted by atomic mass is 15.2. The molecule has 1 unspecified atom stereocenters. The van der Waals surface area contributed by atoms with Crippen molar-refractivity contribution in [1.82, 2.24) is 10.2 Å². The summed E-state index contributed by atoms with van der Waals surface area (Å²) in [5.41, 5.74) is 0. The first-order valence-corrected chi connectivity index (χ1v) is 7.25. The van der Waals surface area contributed by atoms with Crippen molar-refractivity contribution in [2.45, 2.75) is 71.4 Å². The molecule has 0 aromatic heterocycles. The predicted octanol–water partition coefficient (Wildman–Crippen LogP) is 3.03. The average Bonchev–Trinajstić information content (AvgIpc) is 3.10. The summed E-state index contributed by atoms with van der Waals surface area (Å²) in [6.45, 7) is 10.6. The van der Waals surface area contributed by atoms with Crippen molar-refractivity contribution < 1.29 is 0 Å². The van der Waals surface area contributed by atoms with Gasteiger partial charge in [-0.05, 0) is 58.7 Å². The minimum Gasteiger partial charge on any atom is -0.314 e. The maximum absolute atomic E-state index is 3.58. The molecule has 0 aliphatic heterocycles. The van der Waals surface area contributed by atoms with E-state index in [0.717, 1.165) is 6.04 Å². The summed E-state index contributed by atoms with van der Waals surface area (Å²) in [4.78, 5) is 2.72. The van der Waals surface area contributed by atoms with Crippen molar-refractivity contribution >= 4 is 0 Å². The molecule has 0 saturated heterocycles. The van der Waals surface area contributed by atoms with Crippen molar-refractivity contribution in [3.63, 3.8) is 0 Å². The van der Waals surface area contributed by atoms with Crippen molar-refractivity contribution in [2.24, 2.45) is 0 Å². The molecule has 96 valence electrons. The molecule has 1 aliphatic carbocycles. The lowest BCUT2D eigenvalue weighted by Crippen LogP contribution is -2.34. The van der Waals surface area contributed by atoms with Gasteiger partial charge in [-0.2, -0.15) is 0 Å². The normalized spacial score (nSPS) is 18.0. The molecule has 1 fully saturated rings. The average molecular weight is 226 g/mol. The Hall–Kier alpha value is -0.0800. The highest BCUT2D eigenvalue weighted by Crippen LogP contribution is 2.27. The van der Waals surface area contributed by atoms with Gasteiger partial charge in [-0.1, -0.05) is 20.3 Å². The number of hydrogen-bond donors (Lipinski definition) is 1. The third-order valence-electron chi connectivity index (χ3n) is 3.45. The highest BCUT2D eigenvalue weighted by Gasteiger charge is 2.28. The van der Waals surface area contributed by atoms with E-state index in [9.17, 15) is 0 Å². The molecule has 0 aromatic rings. The van der Waals surface area contributed by atoms with Crippen molar-refractivity contribution in [2.75, 3.05) is 19.6 Å². The Morgan fingerprint density at radius 2 is 1.94 bits per heavy atom. The Labute approximate surface area is 102 Å². The van der Waals surface area contributed by atoms with Gasteiger partial charge in [0.25, 0.3) is 0 Å². The number of hydrogen-bond acceptors (Lipinski definition) is 2. The van der Waals surface area contributed by atoms with Crippen LogP contribution in [0.2, 0.25) is 0 Å². The van der Waals surface area contributed by atoms with E-state index >= 15 is 0 Å². The van der Waals surface area contributed by atoms with Gasteiger partial charge >= 0.3 is 0 Å². The molecule has 0 spiro atoms. The van der Waals surface area contributed by atoms with Gasteiger partial charge in [-0.3, -0.25) is 0 Å². The lowest BCUT2D eigenvalue weighted by atomic mass is 10.2. The second kappa shape index (κ2) is 8.08. The molecule has 1 rings (SSSR count). The Bertz CT molecular complexity index is 166. The van der Waals surface area contributed by atoms with Gasteiger partial charge in [0.1, 0.15) is 0 Å². The first-order chi connectivity index (χ1) is 7.77. The molecule has 0 radical (unpaired) electrons. The van der Waals surface area contributed by atoms with Gasteiger partial charge in [0.2, 0.25) is 0 Å². The second-order valence-corrected chi connectivity index (χ2v) is 5.26. The fourth-order valence-electron chi connectivity index (χ4n) is 2.13. The summed E-state index contributed by atoms with van der Waals surface area (Å²) < 4.78 is 0. The van der Waals surface area contributed by atoms with Crippen LogP contribution in [0.5, 0.6) is 0 Å². The monoisotopic (exact) mass is 226 g/mol. The lowest BCUT2D eigenvalue weighted by Gasteiger charge is -2.24. The van der Waals surface area contributed by atoms with E-state index in [1.54, 1.807) is 0 Å². The maximum atomic E-state index is 3.58. The van der Waals surface area contributed by atoms with E-state index in [1.165, 1.54) is 58.2 Å². The zero-order chi connectivity index (χ0) is 11.8. The molecular formula is C14H30N2. The van der Waals surface area contributed by atoms with Gasteiger partial charge in [-0.15, -0.1) is 0 Å². The molecule has 0 amide bonds. The second-order valence-electron chi connectivity index (χ2n) is 5.26. The quantitative estimate of drug-likeness (QED) is 0.616. The minimum atomic E-state index is 0.683. The summed E-state index contributed by atoms with van der Waals surface area (Å²) >= 11 is 0. The van der Waals surface area contributed by atoms with Crippen LogP contribution in [-0.2, 0) is 0 Å². The fraction of sp³-hybridized carbons (Fsp3) is 1.00. The molecule has 2 heteroatoms. The fourth-order valence-corrected chi connectivity index (χ4v) is 2.13. The molecule has 1 atom stereocenters. The molecule has 1 saturated carbocycles. The zero-order valence-electron chi connectivity index (χ0n) is 11.5. The third kappa shape index (κ3) is 5.86. The molecule has 0 heterocycles. The summed E-state index contributed by atoms with van der Waals surface area (Å²) in [6.07, 6.45) is 8.13. The van der Waals surface area contributed by atoms with E-state index in [1.807, 2.05) is 0 Å². The zero-order valence-corrected chi connectivity index (χ0v) is 11.5. The van der Waals surface area contributed by atoms with Crippen molar-refractivity contribution in [1.29, 1.82) is 0 Å². The van der Waals surface area contributed by atoms with Crippen LogP contribution in [0.25, 0.3) is 0 Å². The van der Waals surface area contributed by atoms with E-state index in [4.69, 9.17) is 0 Å². The van der Waals surface area contributed by atoms with Crippen LogP contribution < -0.4 is 5.32 Å². The number of nitrogens with zero attached hydrogens (tertiary/aromatic N) is 1. The maximum Gasteiger partial charge on any atom is 0.00964 e. The smallest absolute Gasteiger partial charge is 0.00964 e. The summed E-state index contributed by atoms with van der Waals surface area (Å²) in [6, 6.07) is 1.62. The first-order valence-electron chi connectivity index (χ1n) is 7.25. The number of unbranched alkanes of at least 4 members (excludes halogenated alkanes) is 1. The van der Waals surface area contributed by atoms with Crippen molar-refractivity contribution in [3.05, 3.63) is 0 Å². The highest BCUT2D eigenvalue weighted by molar-refractivity contribution is 4.84. The van der Waals surface area contributed by atoms with Gasteiger partial charge in [-0.25, -0.2) is 0 Å². The van der Waals surface area contributed by atoms with E-state index in [0.29, 0.717) is 6.04 Å². The largest absolute Gasteiger partial charge is 0.314 e. The molecular weight excluding hydrogens is 196 g/mol. The molecule has 16 heavy (non-hydrogen) atoms. The van der Waals surface area contributed by atoms with Gasteiger partial charge in [0, 0.05) is 12.1 Å². The van der Waals surface area contributed by atoms with Crippen LogP contribution in [0.3, 0.4) is 0 Å². The van der Waals surface area contributed by atoms with Gasteiger partial charge in [0.05, 0.1) is 0 Å². The molecule has 1 N–H and O–H groups in total. The topological polar surface area (TPSA) is 15.3 Å². The van der Waals surface area contributed by atoms with Crippen LogP contribution in [0, 0.1) is 0 Å². The Kier molecular flexibility index (Phi) is 7.06. The first kappa shape index (κ1) is 14.0. The summed E-state index contributed by atoms with van der Waals surface area (Å²) in [7, 11) is 0. The molecule has 0 aromatic carbocycles. The molecule has 2 nitrogen and oxygen atoms in total. The van der Waals surface area contributed by atoms with Crippen LogP contribution >= 0.6 is 0 Å². The number of rotatable bonds is 10. The molecule has 1 aliphatic rings. The Morgan fingerprint density at radius 1 is 1.19 bits per heavy atom. The third-order valence-corrected chi connectivity index (χ3v) is 3.45. The number of nitrogens with one attached hydrogen (secondary N) is 1. The van der Waals surface area contributed by atoms with E-state index in [2.05, 4.69) is 31.0 Å². The van der Waals surface area contributed by atoms with Crippen LogP contribution in [0.15, 0.2) is 0 Å². The van der Waals surface area contributed by atoms with Gasteiger partial charge in [0.15, 0.2) is 0 Å². The summed E-state index contributed by atoms with van der Waals surface area (Å²) in [5.74, 6) is 0. The summed E-state index contributed by atoms with van der Waals surface area (Å²) in [5, 5.41) is 3.58. The Balaban J connectivity index is 2.11. The van der Waals surface area contributed by atoms with Crippen LogP contribution in [0.1, 0.15) is 59.3 Å². The van der Waals surface area contributed by atoms with Crippen LogP contribution in [-0.4, -0.2) is 36.6 Å².